The minimum Gasteiger partial charge on any atom is -0.354 e. The van der Waals surface area contributed by atoms with E-state index in [4.69, 9.17) is 11.6 Å². The van der Waals surface area contributed by atoms with Crippen LogP contribution < -0.4 is 10.2 Å². The second-order valence-corrected chi connectivity index (χ2v) is 5.99. The Balaban J connectivity index is 1.68. The third-order valence-corrected chi connectivity index (χ3v) is 4.25. The molecule has 0 bridgehead atoms. The van der Waals surface area contributed by atoms with Crippen LogP contribution in [-0.2, 0) is 6.54 Å². The molecular formula is C14H21ClN4. The predicted octanol–water partition coefficient (Wildman–Crippen LogP) is 1.74. The number of piperazine rings is 1. The quantitative estimate of drug-likeness (QED) is 0.910. The summed E-state index contributed by atoms with van der Waals surface area (Å²) in [7, 11) is 2.16. The van der Waals surface area contributed by atoms with Crippen molar-refractivity contribution in [1.29, 1.82) is 0 Å². The van der Waals surface area contributed by atoms with Crippen LogP contribution in [0.15, 0.2) is 12.3 Å². The van der Waals surface area contributed by atoms with Crippen molar-refractivity contribution in [3.05, 3.63) is 22.8 Å². The third-order valence-electron chi connectivity index (χ3n) is 3.91. The van der Waals surface area contributed by atoms with E-state index in [2.05, 4.69) is 33.2 Å². The highest BCUT2D eigenvalue weighted by atomic mass is 35.5. The van der Waals surface area contributed by atoms with E-state index in [0.29, 0.717) is 6.04 Å². The van der Waals surface area contributed by atoms with Gasteiger partial charge in [-0.05, 0) is 31.5 Å². The average Bonchev–Trinajstić information content (AvgIpc) is 3.23. The normalized spacial score (nSPS) is 20.8. The van der Waals surface area contributed by atoms with E-state index in [-0.39, 0.29) is 0 Å². The van der Waals surface area contributed by atoms with Crippen molar-refractivity contribution in [2.75, 3.05) is 38.1 Å². The molecule has 2 aliphatic rings. The highest BCUT2D eigenvalue weighted by molar-refractivity contribution is 6.31. The number of hydrogen-bond acceptors (Lipinski definition) is 4. The van der Waals surface area contributed by atoms with Crippen molar-refractivity contribution in [1.82, 2.24) is 15.2 Å². The van der Waals surface area contributed by atoms with Crippen molar-refractivity contribution >= 4 is 17.4 Å². The Bertz CT molecular complexity index is 439. The van der Waals surface area contributed by atoms with Crippen LogP contribution in [0.2, 0.25) is 5.02 Å². The monoisotopic (exact) mass is 280 g/mol. The summed E-state index contributed by atoms with van der Waals surface area (Å²) in [5, 5.41) is 4.28. The maximum absolute atomic E-state index is 6.23. The summed E-state index contributed by atoms with van der Waals surface area (Å²) in [6, 6.07) is 2.85. The van der Waals surface area contributed by atoms with Crippen LogP contribution in [0.5, 0.6) is 0 Å². The molecular weight excluding hydrogens is 260 g/mol. The third kappa shape index (κ3) is 3.38. The molecule has 5 heteroatoms. The zero-order chi connectivity index (χ0) is 13.2. The van der Waals surface area contributed by atoms with Gasteiger partial charge in [-0.1, -0.05) is 11.6 Å². The van der Waals surface area contributed by atoms with Crippen LogP contribution in [0.3, 0.4) is 0 Å². The van der Waals surface area contributed by atoms with Gasteiger partial charge in [0.15, 0.2) is 0 Å². The van der Waals surface area contributed by atoms with Gasteiger partial charge < -0.3 is 15.1 Å². The van der Waals surface area contributed by atoms with E-state index in [1.54, 1.807) is 6.20 Å². The number of pyridine rings is 1. The number of nitrogens with one attached hydrogen (secondary N) is 1. The maximum Gasteiger partial charge on any atom is 0.128 e. The zero-order valence-corrected chi connectivity index (χ0v) is 12.2. The van der Waals surface area contributed by atoms with Gasteiger partial charge in [0.05, 0.1) is 5.02 Å². The van der Waals surface area contributed by atoms with Gasteiger partial charge in [-0.15, -0.1) is 0 Å². The van der Waals surface area contributed by atoms with Crippen molar-refractivity contribution in [3.8, 4) is 0 Å². The molecule has 19 heavy (non-hydrogen) atoms. The van der Waals surface area contributed by atoms with Crippen molar-refractivity contribution in [3.63, 3.8) is 0 Å². The smallest absolute Gasteiger partial charge is 0.128 e. The van der Waals surface area contributed by atoms with Crippen molar-refractivity contribution in [2.24, 2.45) is 0 Å². The summed E-state index contributed by atoms with van der Waals surface area (Å²) in [5.41, 5.74) is 1.16. The van der Waals surface area contributed by atoms with Gasteiger partial charge in [-0.3, -0.25) is 0 Å². The van der Waals surface area contributed by atoms with E-state index in [1.165, 1.54) is 12.8 Å². The Kier molecular flexibility index (Phi) is 3.91. The second-order valence-electron chi connectivity index (χ2n) is 5.58. The molecule has 0 spiro atoms. The molecule has 1 aliphatic carbocycles. The highest BCUT2D eigenvalue weighted by Crippen LogP contribution is 2.24. The predicted molar refractivity (Wildman–Crippen MR) is 78.8 cm³/mol. The highest BCUT2D eigenvalue weighted by Gasteiger charge is 2.21. The summed E-state index contributed by atoms with van der Waals surface area (Å²) < 4.78 is 0. The average molecular weight is 281 g/mol. The summed E-state index contributed by atoms with van der Waals surface area (Å²) >= 11 is 6.23. The van der Waals surface area contributed by atoms with Gasteiger partial charge >= 0.3 is 0 Å². The first-order valence-corrected chi connectivity index (χ1v) is 7.41. The van der Waals surface area contributed by atoms with E-state index in [1.807, 2.05) is 0 Å². The molecule has 1 aliphatic heterocycles. The minimum absolute atomic E-state index is 0.705. The fourth-order valence-electron chi connectivity index (χ4n) is 2.35. The molecule has 0 aromatic carbocycles. The fraction of sp³-hybridized carbons (Fsp3) is 0.643. The van der Waals surface area contributed by atoms with Gasteiger partial charge in [-0.25, -0.2) is 4.98 Å². The summed E-state index contributed by atoms with van der Waals surface area (Å²) in [6.07, 6.45) is 4.39. The van der Waals surface area contributed by atoms with Gasteiger partial charge in [0.25, 0.3) is 0 Å². The molecule has 1 saturated heterocycles. The number of aromatic nitrogens is 1. The molecule has 3 rings (SSSR count). The molecule has 1 N–H and O–H groups in total. The Morgan fingerprint density at radius 1 is 1.32 bits per heavy atom. The topological polar surface area (TPSA) is 31.4 Å². The first kappa shape index (κ1) is 13.2. The number of halogens is 1. The summed E-state index contributed by atoms with van der Waals surface area (Å²) in [5.74, 6) is 1.06. The van der Waals surface area contributed by atoms with Crippen LogP contribution in [0, 0.1) is 0 Å². The van der Waals surface area contributed by atoms with Gasteiger partial charge in [0.2, 0.25) is 0 Å². The molecule has 4 nitrogen and oxygen atoms in total. The van der Waals surface area contributed by atoms with Crippen LogP contribution in [0.25, 0.3) is 0 Å². The number of nitrogens with zero attached hydrogens (tertiary/aromatic N) is 3. The Morgan fingerprint density at radius 2 is 2.05 bits per heavy atom. The second kappa shape index (κ2) is 5.65. The number of rotatable bonds is 4. The number of likely N-dealkylation sites (N-methyl/N-ethyl adjacent to an activating group) is 1. The van der Waals surface area contributed by atoms with E-state index < -0.39 is 0 Å². The largest absolute Gasteiger partial charge is 0.354 e. The van der Waals surface area contributed by atoms with E-state index >= 15 is 0 Å². The van der Waals surface area contributed by atoms with Crippen LogP contribution in [-0.4, -0.2) is 49.2 Å². The van der Waals surface area contributed by atoms with E-state index in [9.17, 15) is 0 Å². The SMILES string of the molecule is CN1CCN(c2cc(CNC3CC3)c(Cl)cn2)CC1. The lowest BCUT2D eigenvalue weighted by Crippen LogP contribution is -2.44. The Labute approximate surface area is 119 Å². The van der Waals surface area contributed by atoms with Crippen LogP contribution >= 0.6 is 11.6 Å². The standard InChI is InChI=1S/C14H21ClN4/c1-18-4-6-19(7-5-18)14-8-11(13(15)10-17-14)9-16-12-2-3-12/h8,10,12,16H,2-7,9H2,1H3. The molecule has 0 atom stereocenters. The van der Waals surface area contributed by atoms with Crippen LogP contribution in [0.1, 0.15) is 18.4 Å². The number of hydrogen-bond donors (Lipinski definition) is 1. The molecule has 0 amide bonds. The Morgan fingerprint density at radius 3 is 2.74 bits per heavy atom. The van der Waals surface area contributed by atoms with Gasteiger partial charge in [-0.2, -0.15) is 0 Å². The lowest BCUT2D eigenvalue weighted by Gasteiger charge is -2.33. The molecule has 2 heterocycles. The van der Waals surface area contributed by atoms with Crippen molar-refractivity contribution in [2.45, 2.75) is 25.4 Å². The number of anilines is 1. The zero-order valence-electron chi connectivity index (χ0n) is 11.4. The summed E-state index contributed by atoms with van der Waals surface area (Å²) in [4.78, 5) is 9.17. The molecule has 104 valence electrons. The first-order chi connectivity index (χ1) is 9.22. The first-order valence-electron chi connectivity index (χ1n) is 7.03. The molecule has 2 fully saturated rings. The minimum atomic E-state index is 0.705. The summed E-state index contributed by atoms with van der Waals surface area (Å²) in [6.45, 7) is 5.13. The molecule has 0 unspecified atom stereocenters. The molecule has 1 saturated carbocycles. The maximum atomic E-state index is 6.23. The molecule has 1 aromatic heterocycles. The Hall–Kier alpha value is -0.840. The van der Waals surface area contributed by atoms with Gasteiger partial charge in [0.1, 0.15) is 5.82 Å². The van der Waals surface area contributed by atoms with Crippen LogP contribution in [0.4, 0.5) is 5.82 Å². The van der Waals surface area contributed by atoms with E-state index in [0.717, 1.165) is 49.1 Å². The lowest BCUT2D eigenvalue weighted by molar-refractivity contribution is 0.312. The molecule has 0 radical (unpaired) electrons. The van der Waals surface area contributed by atoms with Crippen molar-refractivity contribution < 1.29 is 0 Å². The fourth-order valence-corrected chi connectivity index (χ4v) is 2.52. The molecule has 1 aromatic rings. The lowest BCUT2D eigenvalue weighted by atomic mass is 10.2. The van der Waals surface area contributed by atoms with Gasteiger partial charge in [0, 0.05) is 45.0 Å².